The first-order valence-electron chi connectivity index (χ1n) is 10.6. The van der Waals surface area contributed by atoms with Crippen molar-refractivity contribution in [3.63, 3.8) is 0 Å². The van der Waals surface area contributed by atoms with Gasteiger partial charge < -0.3 is 27.6 Å². The lowest BCUT2D eigenvalue weighted by atomic mass is 10.1. The van der Waals surface area contributed by atoms with Gasteiger partial charge in [0.05, 0.1) is 30.1 Å². The predicted molar refractivity (Wildman–Crippen MR) is 144 cm³/mol. The van der Waals surface area contributed by atoms with Gasteiger partial charge in [-0.3, -0.25) is 20.2 Å². The maximum atomic E-state index is 10.9. The van der Waals surface area contributed by atoms with Gasteiger partial charge in [-0.1, -0.05) is 40.9 Å². The van der Waals surface area contributed by atoms with Gasteiger partial charge in [-0.25, -0.2) is 19.9 Å². The highest BCUT2D eigenvalue weighted by Gasteiger charge is 2.16. The number of nitro groups is 2. The number of halogens is 4. The number of ether oxygens (including phenoxy) is 2. The molecule has 0 saturated carbocycles. The van der Waals surface area contributed by atoms with Crippen molar-refractivity contribution in [3.8, 4) is 11.5 Å². The van der Waals surface area contributed by atoms with E-state index in [2.05, 4.69) is 25.7 Å². The third-order valence-electron chi connectivity index (χ3n) is 4.56. The number of nitrogens with zero attached hydrogens (tertiary/aromatic N) is 6. The zero-order valence-electron chi connectivity index (χ0n) is 20.8. The number of rotatable bonds is 6. The third-order valence-corrected chi connectivity index (χ3v) is 5.18. The van der Waals surface area contributed by atoms with Gasteiger partial charge in [-0.2, -0.15) is 0 Å². The fourth-order valence-electron chi connectivity index (χ4n) is 2.85. The van der Waals surface area contributed by atoms with Crippen LogP contribution in [0.15, 0.2) is 61.2 Å². The lowest BCUT2D eigenvalue weighted by Crippen LogP contribution is -3.00. The predicted octanol–water partition coefficient (Wildman–Crippen LogP) is 1.90. The molecule has 0 bridgehead atoms. The summed E-state index contributed by atoms with van der Waals surface area (Å²) >= 11 is 16.6. The molecule has 0 amide bonds. The Bertz CT molecular complexity index is 1430. The number of nitro benzene ring substituents is 2. The number of hydrogen-bond donors (Lipinski definition) is 1. The Morgan fingerprint density at radius 1 is 0.750 bits per heavy atom. The first-order chi connectivity index (χ1) is 18.5. The van der Waals surface area contributed by atoms with Crippen molar-refractivity contribution < 1.29 is 37.5 Å². The largest absolute Gasteiger partial charge is 1.00 e. The second-order valence-electron chi connectivity index (χ2n) is 7.20. The quantitative estimate of drug-likeness (QED) is 0.187. The van der Waals surface area contributed by atoms with Crippen LogP contribution in [-0.4, -0.2) is 44.0 Å². The van der Waals surface area contributed by atoms with Crippen LogP contribution in [0.3, 0.4) is 0 Å². The van der Waals surface area contributed by atoms with Crippen LogP contribution < -0.4 is 27.6 Å². The highest BCUT2D eigenvalue weighted by molar-refractivity contribution is 6.33. The summed E-state index contributed by atoms with van der Waals surface area (Å²) in [7, 11) is 2.79. The standard InChI is InChI=1S/C12H10ClN3O3.C7H8N2O3.C4H2Cl2N2.ClH/c1-19-11-3-2-8(5-10(11)16(17)18)4-9-6-12(13)15-7-14-9;1-12-7-3-2-5(8)4-6(7)9(10)11;5-3-1-4(6)8-2-7-3;/h2-3,5-7H,4H2,1H3;2-4H,8H2,1H3;1-2H;1H. The molecule has 0 saturated heterocycles. The van der Waals surface area contributed by atoms with Gasteiger partial charge >= 0.3 is 11.4 Å². The lowest BCUT2D eigenvalue weighted by molar-refractivity contribution is -0.386. The highest BCUT2D eigenvalue weighted by Crippen LogP contribution is 2.29. The van der Waals surface area contributed by atoms with Gasteiger partial charge in [0.2, 0.25) is 0 Å². The maximum absolute atomic E-state index is 10.9. The fraction of sp³-hybridized carbons (Fsp3) is 0.130. The normalized spacial score (nSPS) is 9.55. The number of quaternary nitrogens is 1. The van der Waals surface area contributed by atoms with Gasteiger partial charge in [0, 0.05) is 30.3 Å². The number of methoxy groups -OCH3 is 2. The molecule has 0 atom stereocenters. The second kappa shape index (κ2) is 16.9. The van der Waals surface area contributed by atoms with Crippen LogP contribution in [0.1, 0.15) is 11.3 Å². The van der Waals surface area contributed by atoms with Crippen LogP contribution >= 0.6 is 34.8 Å². The maximum Gasteiger partial charge on any atom is 0.316 e. The molecule has 0 aliphatic heterocycles. The van der Waals surface area contributed by atoms with Crippen molar-refractivity contribution in [2.75, 3.05) is 14.2 Å². The van der Waals surface area contributed by atoms with Crippen molar-refractivity contribution in [2.45, 2.75) is 6.42 Å². The molecule has 4 rings (SSSR count). The number of benzene rings is 2. The number of hydrogen-bond acceptors (Lipinski definition) is 10. The molecule has 212 valence electrons. The summed E-state index contributed by atoms with van der Waals surface area (Å²) in [5, 5.41) is 22.4. The molecule has 17 heteroatoms. The molecule has 2 aromatic heterocycles. The van der Waals surface area contributed by atoms with Gasteiger partial charge in [0.1, 0.15) is 33.8 Å². The fourth-order valence-corrected chi connectivity index (χ4v) is 3.37. The molecule has 2 aromatic carbocycles. The summed E-state index contributed by atoms with van der Waals surface area (Å²) < 4.78 is 9.73. The Labute approximate surface area is 249 Å². The summed E-state index contributed by atoms with van der Waals surface area (Å²) in [6, 6.07) is 12.4. The minimum Gasteiger partial charge on any atom is -1.00 e. The molecule has 0 aliphatic carbocycles. The van der Waals surface area contributed by atoms with Crippen LogP contribution in [-0.2, 0) is 6.42 Å². The van der Waals surface area contributed by atoms with Crippen molar-refractivity contribution in [1.82, 2.24) is 19.9 Å². The minimum atomic E-state index is -0.493. The van der Waals surface area contributed by atoms with Crippen LogP contribution in [0.2, 0.25) is 15.5 Å². The summed E-state index contributed by atoms with van der Waals surface area (Å²) in [6.07, 6.45) is 3.10. The zero-order valence-corrected chi connectivity index (χ0v) is 23.9. The van der Waals surface area contributed by atoms with Crippen molar-refractivity contribution in [2.24, 2.45) is 0 Å². The van der Waals surface area contributed by atoms with Crippen molar-refractivity contribution in [3.05, 3.63) is 108 Å². The first-order valence-corrected chi connectivity index (χ1v) is 11.7. The molecule has 0 aliphatic rings. The Morgan fingerprint density at radius 3 is 1.68 bits per heavy atom. The Kier molecular flexibility index (Phi) is 14.5. The van der Waals surface area contributed by atoms with E-state index in [-0.39, 0.29) is 35.3 Å². The Balaban J connectivity index is 0.000000326. The molecule has 0 fully saturated rings. The van der Waals surface area contributed by atoms with Crippen molar-refractivity contribution >= 4 is 51.9 Å². The summed E-state index contributed by atoms with van der Waals surface area (Å²) in [6.45, 7) is 0. The van der Waals surface area contributed by atoms with E-state index in [1.54, 1.807) is 24.3 Å². The summed E-state index contributed by atoms with van der Waals surface area (Å²) in [5.41, 5.74) is 5.50. The van der Waals surface area contributed by atoms with Crippen LogP contribution in [0.5, 0.6) is 11.5 Å². The van der Waals surface area contributed by atoms with Crippen LogP contribution in [0.25, 0.3) is 0 Å². The Hall–Kier alpha value is -3.88. The van der Waals surface area contributed by atoms with E-state index in [9.17, 15) is 20.2 Å². The molecule has 0 spiro atoms. The zero-order chi connectivity index (χ0) is 28.9. The molecule has 2 heterocycles. The Morgan fingerprint density at radius 2 is 1.23 bits per heavy atom. The van der Waals surface area contributed by atoms with E-state index in [0.717, 1.165) is 5.56 Å². The smallest absolute Gasteiger partial charge is 0.316 e. The van der Waals surface area contributed by atoms with Gasteiger partial charge in [0.15, 0.2) is 11.5 Å². The molecule has 4 aromatic rings. The van der Waals surface area contributed by atoms with Gasteiger partial charge in [0.25, 0.3) is 0 Å². The molecule has 0 radical (unpaired) electrons. The second-order valence-corrected chi connectivity index (χ2v) is 8.36. The summed E-state index contributed by atoms with van der Waals surface area (Å²) in [4.78, 5) is 35.4. The molecule has 13 nitrogen and oxygen atoms in total. The SMILES string of the molecule is COc1ccc(Cc2cc(Cl)ncn2)cc1[N+](=O)[O-].COc1ccc([NH3+])cc1[N+](=O)[O-].Clc1cc(Cl)ncn1.[Cl-]. The van der Waals surface area contributed by atoms with E-state index >= 15 is 0 Å². The number of aromatic nitrogens is 4. The van der Waals surface area contributed by atoms with Crippen LogP contribution in [0, 0.1) is 20.2 Å². The molecular weight excluding hydrogens is 612 g/mol. The minimum absolute atomic E-state index is 0. The van der Waals surface area contributed by atoms with E-state index in [1.165, 1.54) is 51.1 Å². The topological polar surface area (TPSA) is 184 Å². The third kappa shape index (κ3) is 11.1. The van der Waals surface area contributed by atoms with Crippen molar-refractivity contribution in [1.29, 1.82) is 0 Å². The van der Waals surface area contributed by atoms with Gasteiger partial charge in [-0.15, -0.1) is 0 Å². The average Bonchev–Trinajstić information content (AvgIpc) is 2.89. The van der Waals surface area contributed by atoms with E-state index in [0.29, 0.717) is 33.3 Å². The van der Waals surface area contributed by atoms with E-state index in [1.807, 2.05) is 0 Å². The van der Waals surface area contributed by atoms with E-state index in [4.69, 9.17) is 44.3 Å². The monoisotopic (exact) mass is 631 g/mol. The first kappa shape index (κ1) is 34.1. The van der Waals surface area contributed by atoms with E-state index < -0.39 is 9.85 Å². The average molecular weight is 633 g/mol. The van der Waals surface area contributed by atoms with Gasteiger partial charge in [-0.05, 0) is 23.8 Å². The lowest BCUT2D eigenvalue weighted by Gasteiger charge is -2.05. The summed E-state index contributed by atoms with van der Waals surface area (Å²) in [5.74, 6) is 0.488. The molecule has 3 N–H and O–H groups in total. The molecular formula is C23H21Cl4N7O6. The molecule has 0 unspecified atom stereocenters. The highest BCUT2D eigenvalue weighted by atomic mass is 35.5. The molecule has 40 heavy (non-hydrogen) atoms. The van der Waals surface area contributed by atoms with Crippen LogP contribution in [0.4, 0.5) is 17.1 Å².